The molecule has 0 saturated carbocycles. The van der Waals surface area contributed by atoms with Gasteiger partial charge < -0.3 is 5.11 Å². The zero-order chi connectivity index (χ0) is 14.0. The average Bonchev–Trinajstić information content (AvgIpc) is 2.37. The standard InChI is InChI=1S/C16H16Br2O/c1-10(2)11-3-5-12(6-4-11)16(19)13-7-14(17)9-15(18)8-13/h3-10,16,19H,1-2H3. The quantitative estimate of drug-likeness (QED) is 0.750. The Morgan fingerprint density at radius 1 is 0.789 bits per heavy atom. The van der Waals surface area contributed by atoms with E-state index in [2.05, 4.69) is 57.8 Å². The van der Waals surface area contributed by atoms with Gasteiger partial charge in [0, 0.05) is 8.95 Å². The Hall–Kier alpha value is -0.640. The Morgan fingerprint density at radius 3 is 1.74 bits per heavy atom. The van der Waals surface area contributed by atoms with Gasteiger partial charge in [0.1, 0.15) is 6.10 Å². The third-order valence-electron chi connectivity index (χ3n) is 3.12. The summed E-state index contributed by atoms with van der Waals surface area (Å²) in [7, 11) is 0. The molecule has 2 rings (SSSR count). The van der Waals surface area contributed by atoms with E-state index in [1.165, 1.54) is 5.56 Å². The number of halogens is 2. The van der Waals surface area contributed by atoms with Crippen LogP contribution < -0.4 is 0 Å². The molecule has 0 spiro atoms. The van der Waals surface area contributed by atoms with Crippen LogP contribution in [-0.2, 0) is 0 Å². The summed E-state index contributed by atoms with van der Waals surface area (Å²) < 4.78 is 1.91. The van der Waals surface area contributed by atoms with Gasteiger partial charge in [0.05, 0.1) is 0 Å². The molecule has 1 unspecified atom stereocenters. The lowest BCUT2D eigenvalue weighted by Crippen LogP contribution is -2.00. The molecule has 19 heavy (non-hydrogen) atoms. The first-order valence-electron chi connectivity index (χ1n) is 6.21. The topological polar surface area (TPSA) is 20.2 Å². The first kappa shape index (κ1) is 14.8. The van der Waals surface area contributed by atoms with E-state index < -0.39 is 6.10 Å². The van der Waals surface area contributed by atoms with Crippen molar-refractivity contribution in [3.63, 3.8) is 0 Å². The monoisotopic (exact) mass is 382 g/mol. The van der Waals surface area contributed by atoms with Gasteiger partial charge in [-0.1, -0.05) is 70.0 Å². The zero-order valence-electron chi connectivity index (χ0n) is 10.9. The molecular weight excluding hydrogens is 368 g/mol. The van der Waals surface area contributed by atoms with Gasteiger partial charge in [-0.15, -0.1) is 0 Å². The zero-order valence-corrected chi connectivity index (χ0v) is 14.1. The summed E-state index contributed by atoms with van der Waals surface area (Å²) in [6.07, 6.45) is -0.602. The van der Waals surface area contributed by atoms with Crippen LogP contribution in [0.1, 0.15) is 42.6 Å². The molecule has 100 valence electrons. The fourth-order valence-corrected chi connectivity index (χ4v) is 3.32. The second-order valence-electron chi connectivity index (χ2n) is 4.93. The minimum absolute atomic E-state index is 0.506. The largest absolute Gasteiger partial charge is 0.384 e. The third kappa shape index (κ3) is 3.68. The number of hydrogen-bond donors (Lipinski definition) is 1. The van der Waals surface area contributed by atoms with Crippen LogP contribution in [-0.4, -0.2) is 5.11 Å². The molecule has 3 heteroatoms. The van der Waals surface area contributed by atoms with E-state index in [4.69, 9.17) is 0 Å². The molecule has 0 aliphatic carbocycles. The van der Waals surface area contributed by atoms with Crippen molar-refractivity contribution in [3.05, 3.63) is 68.1 Å². The molecule has 0 saturated heterocycles. The molecule has 1 N–H and O–H groups in total. The molecular formula is C16H16Br2O. The predicted molar refractivity (Wildman–Crippen MR) is 86.4 cm³/mol. The van der Waals surface area contributed by atoms with Crippen LogP contribution in [0.4, 0.5) is 0 Å². The van der Waals surface area contributed by atoms with Crippen molar-refractivity contribution in [2.24, 2.45) is 0 Å². The molecule has 0 aromatic heterocycles. The summed E-state index contributed by atoms with van der Waals surface area (Å²) in [5.74, 6) is 0.506. The molecule has 0 fully saturated rings. The van der Waals surface area contributed by atoms with Gasteiger partial charge in [0.15, 0.2) is 0 Å². The summed E-state index contributed by atoms with van der Waals surface area (Å²) in [6.45, 7) is 4.33. The van der Waals surface area contributed by atoms with Crippen molar-refractivity contribution in [2.75, 3.05) is 0 Å². The molecule has 1 atom stereocenters. The molecule has 0 aliphatic rings. The normalized spacial score (nSPS) is 12.7. The number of rotatable bonds is 3. The molecule has 1 nitrogen and oxygen atoms in total. The highest BCUT2D eigenvalue weighted by Crippen LogP contribution is 2.28. The van der Waals surface area contributed by atoms with Crippen LogP contribution in [0.25, 0.3) is 0 Å². The van der Waals surface area contributed by atoms with Crippen molar-refractivity contribution >= 4 is 31.9 Å². The first-order chi connectivity index (χ1) is 8.97. The highest BCUT2D eigenvalue weighted by Gasteiger charge is 2.12. The van der Waals surface area contributed by atoms with Crippen molar-refractivity contribution in [1.29, 1.82) is 0 Å². The minimum Gasteiger partial charge on any atom is -0.384 e. The van der Waals surface area contributed by atoms with Gasteiger partial charge >= 0.3 is 0 Å². The van der Waals surface area contributed by atoms with Crippen molar-refractivity contribution < 1.29 is 5.11 Å². The summed E-state index contributed by atoms with van der Waals surface area (Å²) in [5.41, 5.74) is 3.07. The van der Waals surface area contributed by atoms with Gasteiger partial charge in [-0.2, -0.15) is 0 Å². The van der Waals surface area contributed by atoms with E-state index in [1.807, 2.05) is 30.3 Å². The van der Waals surface area contributed by atoms with Gasteiger partial charge in [-0.3, -0.25) is 0 Å². The van der Waals surface area contributed by atoms with E-state index in [1.54, 1.807) is 0 Å². The Morgan fingerprint density at radius 2 is 1.26 bits per heavy atom. The Labute approximate surface area is 130 Å². The second kappa shape index (κ2) is 6.21. The summed E-state index contributed by atoms with van der Waals surface area (Å²) in [5, 5.41) is 10.4. The van der Waals surface area contributed by atoms with Crippen LogP contribution in [0.15, 0.2) is 51.4 Å². The van der Waals surface area contributed by atoms with E-state index in [0.717, 1.165) is 20.1 Å². The molecule has 0 amide bonds. The van der Waals surface area contributed by atoms with Gasteiger partial charge in [-0.25, -0.2) is 0 Å². The van der Waals surface area contributed by atoms with Crippen molar-refractivity contribution in [3.8, 4) is 0 Å². The highest BCUT2D eigenvalue weighted by atomic mass is 79.9. The number of hydrogen-bond acceptors (Lipinski definition) is 1. The molecule has 2 aromatic carbocycles. The fraction of sp³-hybridized carbons (Fsp3) is 0.250. The number of benzene rings is 2. The first-order valence-corrected chi connectivity index (χ1v) is 7.80. The maximum absolute atomic E-state index is 10.4. The lowest BCUT2D eigenvalue weighted by Gasteiger charge is -2.14. The lowest BCUT2D eigenvalue weighted by atomic mass is 9.97. The van der Waals surface area contributed by atoms with Crippen LogP contribution in [0, 0.1) is 0 Å². The highest BCUT2D eigenvalue weighted by molar-refractivity contribution is 9.11. The van der Waals surface area contributed by atoms with E-state index in [-0.39, 0.29) is 0 Å². The van der Waals surface area contributed by atoms with Crippen LogP contribution in [0.3, 0.4) is 0 Å². The maximum atomic E-state index is 10.4. The van der Waals surface area contributed by atoms with E-state index >= 15 is 0 Å². The fourth-order valence-electron chi connectivity index (χ4n) is 1.99. The Bertz CT molecular complexity index is 541. The van der Waals surface area contributed by atoms with Gasteiger partial charge in [0.25, 0.3) is 0 Å². The number of aliphatic hydroxyl groups is 1. The minimum atomic E-state index is -0.602. The SMILES string of the molecule is CC(C)c1ccc(C(O)c2cc(Br)cc(Br)c2)cc1. The Balaban J connectivity index is 2.30. The van der Waals surface area contributed by atoms with E-state index in [9.17, 15) is 5.11 Å². The molecule has 0 radical (unpaired) electrons. The van der Waals surface area contributed by atoms with Crippen LogP contribution in [0.5, 0.6) is 0 Å². The second-order valence-corrected chi connectivity index (χ2v) is 6.76. The summed E-state index contributed by atoms with van der Waals surface area (Å²) >= 11 is 6.89. The predicted octanol–water partition coefficient (Wildman–Crippen LogP) is 5.42. The van der Waals surface area contributed by atoms with Crippen molar-refractivity contribution in [2.45, 2.75) is 25.9 Å². The molecule has 0 heterocycles. The summed E-state index contributed by atoms with van der Waals surface area (Å²) in [6, 6.07) is 14.0. The smallest absolute Gasteiger partial charge is 0.104 e. The molecule has 0 aliphatic heterocycles. The summed E-state index contributed by atoms with van der Waals surface area (Å²) in [4.78, 5) is 0. The van der Waals surface area contributed by atoms with Gasteiger partial charge in [-0.05, 0) is 40.8 Å². The Kier molecular flexibility index (Phi) is 4.82. The lowest BCUT2D eigenvalue weighted by molar-refractivity contribution is 0.220. The van der Waals surface area contributed by atoms with Crippen molar-refractivity contribution in [1.82, 2.24) is 0 Å². The molecule has 2 aromatic rings. The number of aliphatic hydroxyl groups excluding tert-OH is 1. The molecule has 0 bridgehead atoms. The maximum Gasteiger partial charge on any atom is 0.104 e. The van der Waals surface area contributed by atoms with E-state index in [0.29, 0.717) is 5.92 Å². The third-order valence-corrected chi connectivity index (χ3v) is 4.04. The van der Waals surface area contributed by atoms with Crippen LogP contribution in [0.2, 0.25) is 0 Å². The van der Waals surface area contributed by atoms with Crippen LogP contribution >= 0.6 is 31.9 Å². The van der Waals surface area contributed by atoms with Gasteiger partial charge in [0.2, 0.25) is 0 Å². The average molecular weight is 384 g/mol.